The van der Waals surface area contributed by atoms with E-state index in [0.29, 0.717) is 13.0 Å². The molecule has 1 aliphatic rings. The second-order valence-electron chi connectivity index (χ2n) is 3.84. The van der Waals surface area contributed by atoms with Crippen LogP contribution in [0.25, 0.3) is 0 Å². The summed E-state index contributed by atoms with van der Waals surface area (Å²) in [5, 5.41) is 0. The topological polar surface area (TPSA) is 37.4 Å². The molecule has 0 saturated carbocycles. The number of hydrogen-bond donors (Lipinski definition) is 0. The Hall–Kier alpha value is -1.64. The molecule has 0 radical (unpaired) electrons. The van der Waals surface area contributed by atoms with E-state index in [9.17, 15) is 9.59 Å². The van der Waals surface area contributed by atoms with Crippen LogP contribution in [-0.4, -0.2) is 23.3 Å². The Morgan fingerprint density at radius 3 is 2.53 bits per heavy atom. The van der Waals surface area contributed by atoms with Crippen LogP contribution in [0.4, 0.5) is 0 Å². The summed E-state index contributed by atoms with van der Waals surface area (Å²) in [4.78, 5) is 24.0. The molecule has 1 aromatic carbocycles. The first-order valence-electron chi connectivity index (χ1n) is 5.04. The Morgan fingerprint density at radius 1 is 1.33 bits per heavy atom. The smallest absolute Gasteiger partial charge is 0.229 e. The molecular formula is C12H13NO2. The molecule has 0 aliphatic carbocycles. The van der Waals surface area contributed by atoms with Crippen molar-refractivity contribution in [1.82, 2.24) is 4.90 Å². The second-order valence-corrected chi connectivity index (χ2v) is 3.84. The number of benzene rings is 1. The Bertz CT molecular complexity index is 386. The van der Waals surface area contributed by atoms with Gasteiger partial charge in [-0.25, -0.2) is 0 Å². The first-order valence-corrected chi connectivity index (χ1v) is 5.04. The molecule has 1 unspecified atom stereocenters. The Labute approximate surface area is 88.7 Å². The van der Waals surface area contributed by atoms with Gasteiger partial charge in [0.15, 0.2) is 0 Å². The highest BCUT2D eigenvalue weighted by Crippen LogP contribution is 2.27. The molecule has 1 heterocycles. The molecule has 0 aromatic heterocycles. The van der Waals surface area contributed by atoms with Crippen molar-refractivity contribution in [2.45, 2.75) is 19.3 Å². The van der Waals surface area contributed by atoms with Crippen molar-refractivity contribution in [3.8, 4) is 0 Å². The molecule has 1 fully saturated rings. The zero-order chi connectivity index (χ0) is 10.8. The van der Waals surface area contributed by atoms with E-state index < -0.39 is 0 Å². The quantitative estimate of drug-likeness (QED) is 0.694. The molecule has 3 heteroatoms. The van der Waals surface area contributed by atoms with E-state index in [4.69, 9.17) is 0 Å². The van der Waals surface area contributed by atoms with Gasteiger partial charge in [0, 0.05) is 25.8 Å². The van der Waals surface area contributed by atoms with Crippen LogP contribution in [-0.2, 0) is 9.59 Å². The molecule has 15 heavy (non-hydrogen) atoms. The lowest BCUT2D eigenvalue weighted by molar-refractivity contribution is -0.140. The van der Waals surface area contributed by atoms with Crippen molar-refractivity contribution < 1.29 is 9.59 Å². The van der Waals surface area contributed by atoms with Gasteiger partial charge in [-0.2, -0.15) is 0 Å². The van der Waals surface area contributed by atoms with Gasteiger partial charge >= 0.3 is 0 Å². The van der Waals surface area contributed by atoms with E-state index >= 15 is 0 Å². The molecule has 1 aromatic rings. The van der Waals surface area contributed by atoms with Crippen LogP contribution in [0.1, 0.15) is 24.8 Å². The van der Waals surface area contributed by atoms with E-state index in [-0.39, 0.29) is 17.7 Å². The fourth-order valence-electron chi connectivity index (χ4n) is 1.96. The van der Waals surface area contributed by atoms with Crippen LogP contribution >= 0.6 is 0 Å². The summed E-state index contributed by atoms with van der Waals surface area (Å²) in [5.74, 6) is -0.0441. The number of carbonyl (C=O) groups excluding carboxylic acids is 2. The first kappa shape index (κ1) is 9.90. The minimum Gasteiger partial charge on any atom is -0.282 e. The van der Waals surface area contributed by atoms with Crippen LogP contribution in [0.15, 0.2) is 30.3 Å². The van der Waals surface area contributed by atoms with Gasteiger partial charge in [0.05, 0.1) is 0 Å². The fraction of sp³-hybridized carbons (Fsp3) is 0.333. The highest BCUT2D eigenvalue weighted by atomic mass is 16.2. The summed E-state index contributed by atoms with van der Waals surface area (Å²) < 4.78 is 0. The number of nitrogens with zero attached hydrogens (tertiary/aromatic N) is 1. The first-order chi connectivity index (χ1) is 7.18. The van der Waals surface area contributed by atoms with Crippen molar-refractivity contribution >= 4 is 11.8 Å². The molecule has 78 valence electrons. The lowest BCUT2D eigenvalue weighted by Crippen LogP contribution is -2.29. The highest BCUT2D eigenvalue weighted by Gasteiger charge is 2.32. The molecule has 3 nitrogen and oxygen atoms in total. The summed E-state index contributed by atoms with van der Waals surface area (Å²) in [5.41, 5.74) is 1.13. The van der Waals surface area contributed by atoms with Crippen molar-refractivity contribution in [1.29, 1.82) is 0 Å². The Morgan fingerprint density at radius 2 is 2.00 bits per heavy atom. The standard InChI is InChI=1S/C12H13NO2/c1-9(14)13-8-11(7-12(13)15)10-5-3-2-4-6-10/h2-6,11H,7-8H2,1H3. The fourth-order valence-corrected chi connectivity index (χ4v) is 1.96. The molecule has 2 rings (SSSR count). The third-order valence-electron chi connectivity index (χ3n) is 2.78. The lowest BCUT2D eigenvalue weighted by atomic mass is 9.99. The predicted molar refractivity (Wildman–Crippen MR) is 56.2 cm³/mol. The zero-order valence-corrected chi connectivity index (χ0v) is 8.64. The summed E-state index contributed by atoms with van der Waals surface area (Å²) in [6.07, 6.45) is 0.448. The summed E-state index contributed by atoms with van der Waals surface area (Å²) in [6, 6.07) is 9.86. The normalized spacial score (nSPS) is 20.7. The molecule has 1 aliphatic heterocycles. The number of likely N-dealkylation sites (tertiary alicyclic amines) is 1. The lowest BCUT2D eigenvalue weighted by Gasteiger charge is -2.11. The molecular weight excluding hydrogens is 190 g/mol. The molecule has 2 amide bonds. The zero-order valence-electron chi connectivity index (χ0n) is 8.64. The average molecular weight is 203 g/mol. The number of rotatable bonds is 1. The van der Waals surface area contributed by atoms with Gasteiger partial charge in [0.25, 0.3) is 0 Å². The van der Waals surface area contributed by atoms with Gasteiger partial charge in [-0.15, -0.1) is 0 Å². The minimum absolute atomic E-state index is 0.0589. The Kier molecular flexibility index (Phi) is 2.54. The molecule has 1 atom stereocenters. The monoisotopic (exact) mass is 203 g/mol. The van der Waals surface area contributed by atoms with Crippen LogP contribution in [0.2, 0.25) is 0 Å². The van der Waals surface area contributed by atoms with Crippen LogP contribution < -0.4 is 0 Å². The maximum absolute atomic E-state index is 11.5. The van der Waals surface area contributed by atoms with E-state index in [1.807, 2.05) is 30.3 Å². The van der Waals surface area contributed by atoms with Crippen LogP contribution in [0.3, 0.4) is 0 Å². The number of carbonyl (C=O) groups is 2. The van der Waals surface area contributed by atoms with E-state index in [1.165, 1.54) is 11.8 Å². The second kappa shape index (κ2) is 3.85. The molecule has 0 N–H and O–H groups in total. The van der Waals surface area contributed by atoms with Gasteiger partial charge < -0.3 is 0 Å². The van der Waals surface area contributed by atoms with Gasteiger partial charge in [-0.3, -0.25) is 14.5 Å². The van der Waals surface area contributed by atoms with Crippen LogP contribution in [0, 0.1) is 0 Å². The van der Waals surface area contributed by atoms with Crippen molar-refractivity contribution in [2.24, 2.45) is 0 Å². The average Bonchev–Trinajstić information content (AvgIpc) is 2.62. The largest absolute Gasteiger partial charge is 0.282 e. The number of amides is 2. The van der Waals surface area contributed by atoms with Gasteiger partial charge in [0.2, 0.25) is 11.8 Å². The third-order valence-corrected chi connectivity index (χ3v) is 2.78. The van der Waals surface area contributed by atoms with Gasteiger partial charge in [-0.1, -0.05) is 30.3 Å². The maximum atomic E-state index is 11.5. The Balaban J connectivity index is 2.16. The highest BCUT2D eigenvalue weighted by molar-refractivity contribution is 5.96. The third kappa shape index (κ3) is 1.91. The minimum atomic E-state index is -0.154. The number of imide groups is 1. The number of hydrogen-bond acceptors (Lipinski definition) is 2. The predicted octanol–water partition coefficient (Wildman–Crippen LogP) is 1.55. The SMILES string of the molecule is CC(=O)N1CC(c2ccccc2)CC1=O. The van der Waals surface area contributed by atoms with E-state index in [1.54, 1.807) is 0 Å². The molecule has 0 spiro atoms. The van der Waals surface area contributed by atoms with Gasteiger partial charge in [-0.05, 0) is 5.56 Å². The summed E-state index contributed by atoms with van der Waals surface area (Å²) in [7, 11) is 0. The van der Waals surface area contributed by atoms with Crippen molar-refractivity contribution in [3.05, 3.63) is 35.9 Å². The summed E-state index contributed by atoms with van der Waals surface area (Å²) in [6.45, 7) is 1.96. The van der Waals surface area contributed by atoms with Crippen molar-refractivity contribution in [2.75, 3.05) is 6.54 Å². The molecule has 1 saturated heterocycles. The maximum Gasteiger partial charge on any atom is 0.229 e. The molecule has 0 bridgehead atoms. The van der Waals surface area contributed by atoms with E-state index in [2.05, 4.69) is 0 Å². The van der Waals surface area contributed by atoms with E-state index in [0.717, 1.165) is 5.56 Å². The van der Waals surface area contributed by atoms with Gasteiger partial charge in [0.1, 0.15) is 0 Å². The van der Waals surface area contributed by atoms with Crippen LogP contribution in [0.5, 0.6) is 0 Å². The summed E-state index contributed by atoms with van der Waals surface area (Å²) >= 11 is 0. The van der Waals surface area contributed by atoms with Crippen molar-refractivity contribution in [3.63, 3.8) is 0 Å².